The lowest BCUT2D eigenvalue weighted by molar-refractivity contribution is 0.0747. The van der Waals surface area contributed by atoms with Crippen molar-refractivity contribution in [3.8, 4) is 0 Å². The van der Waals surface area contributed by atoms with Crippen LogP contribution in [0.5, 0.6) is 0 Å². The fourth-order valence-corrected chi connectivity index (χ4v) is 2.03. The van der Waals surface area contributed by atoms with Crippen LogP contribution in [0.4, 0.5) is 5.69 Å². The number of carbonyl (C=O) groups is 1. The van der Waals surface area contributed by atoms with Crippen molar-refractivity contribution in [2.24, 2.45) is 5.84 Å². The van der Waals surface area contributed by atoms with Crippen molar-refractivity contribution in [3.05, 3.63) is 17.7 Å². The molecule has 1 amide bonds. The standard InChI is InChI=1S/C13H21N5O/c1-4-18(9-5-6-9)13(19)11-10(17-14)7-15-12(16-11)8(2)3/h7-9,17H,4-6,14H2,1-3H3. The molecule has 19 heavy (non-hydrogen) atoms. The first-order chi connectivity index (χ1) is 9.08. The molecule has 0 bridgehead atoms. The van der Waals surface area contributed by atoms with Gasteiger partial charge >= 0.3 is 0 Å². The van der Waals surface area contributed by atoms with Crippen LogP contribution in [0, 0.1) is 0 Å². The van der Waals surface area contributed by atoms with Gasteiger partial charge in [-0.1, -0.05) is 13.8 Å². The number of aromatic nitrogens is 2. The van der Waals surface area contributed by atoms with E-state index in [1.807, 2.05) is 25.7 Å². The van der Waals surface area contributed by atoms with Crippen molar-refractivity contribution < 1.29 is 4.79 Å². The summed E-state index contributed by atoms with van der Waals surface area (Å²) in [5.41, 5.74) is 3.36. The van der Waals surface area contributed by atoms with Crippen LogP contribution in [-0.4, -0.2) is 33.4 Å². The highest BCUT2D eigenvalue weighted by Gasteiger charge is 2.33. The van der Waals surface area contributed by atoms with Crippen molar-refractivity contribution in [3.63, 3.8) is 0 Å². The predicted molar refractivity (Wildman–Crippen MR) is 73.7 cm³/mol. The van der Waals surface area contributed by atoms with Gasteiger partial charge < -0.3 is 10.3 Å². The quantitative estimate of drug-likeness (QED) is 0.621. The van der Waals surface area contributed by atoms with Crippen LogP contribution in [0.3, 0.4) is 0 Å². The molecule has 1 aromatic heterocycles. The number of carbonyl (C=O) groups excluding carboxylic acids is 1. The lowest BCUT2D eigenvalue weighted by Gasteiger charge is -2.21. The van der Waals surface area contributed by atoms with Crippen LogP contribution >= 0.6 is 0 Å². The van der Waals surface area contributed by atoms with Crippen LogP contribution in [0.2, 0.25) is 0 Å². The molecule has 1 aliphatic carbocycles. The van der Waals surface area contributed by atoms with E-state index in [1.54, 1.807) is 6.20 Å². The molecular weight excluding hydrogens is 242 g/mol. The van der Waals surface area contributed by atoms with Crippen LogP contribution in [0.1, 0.15) is 55.8 Å². The zero-order valence-electron chi connectivity index (χ0n) is 11.7. The van der Waals surface area contributed by atoms with Crippen LogP contribution in [0.15, 0.2) is 6.20 Å². The molecule has 0 spiro atoms. The van der Waals surface area contributed by atoms with E-state index in [1.165, 1.54) is 0 Å². The van der Waals surface area contributed by atoms with E-state index >= 15 is 0 Å². The van der Waals surface area contributed by atoms with E-state index < -0.39 is 0 Å². The van der Waals surface area contributed by atoms with Crippen molar-refractivity contribution >= 4 is 11.6 Å². The number of anilines is 1. The van der Waals surface area contributed by atoms with Gasteiger partial charge in [-0.25, -0.2) is 9.97 Å². The van der Waals surface area contributed by atoms with E-state index in [2.05, 4.69) is 15.4 Å². The first-order valence-corrected chi connectivity index (χ1v) is 6.73. The summed E-state index contributed by atoms with van der Waals surface area (Å²) in [7, 11) is 0. The summed E-state index contributed by atoms with van der Waals surface area (Å²) in [6, 6.07) is 0.362. The summed E-state index contributed by atoms with van der Waals surface area (Å²) in [5.74, 6) is 6.22. The van der Waals surface area contributed by atoms with Gasteiger partial charge in [0.2, 0.25) is 0 Å². The van der Waals surface area contributed by atoms with Gasteiger partial charge in [0.05, 0.1) is 11.9 Å². The summed E-state index contributed by atoms with van der Waals surface area (Å²) < 4.78 is 0. The molecule has 0 aromatic carbocycles. The third kappa shape index (κ3) is 2.84. The summed E-state index contributed by atoms with van der Waals surface area (Å²) in [5, 5.41) is 0. The Kier molecular flexibility index (Phi) is 3.99. The van der Waals surface area contributed by atoms with Crippen molar-refractivity contribution in [1.82, 2.24) is 14.9 Å². The Morgan fingerprint density at radius 1 is 1.58 bits per heavy atom. The Morgan fingerprint density at radius 2 is 2.26 bits per heavy atom. The number of nitrogens with zero attached hydrogens (tertiary/aromatic N) is 3. The minimum absolute atomic E-state index is 0.0674. The molecule has 104 valence electrons. The molecule has 3 N–H and O–H groups in total. The minimum Gasteiger partial charge on any atom is -0.335 e. The van der Waals surface area contributed by atoms with Gasteiger partial charge in [-0.05, 0) is 19.8 Å². The van der Waals surface area contributed by atoms with Crippen molar-refractivity contribution in [2.75, 3.05) is 12.0 Å². The number of hydrazine groups is 1. The predicted octanol–water partition coefficient (Wildman–Crippen LogP) is 1.51. The zero-order chi connectivity index (χ0) is 14.0. The molecule has 0 saturated heterocycles. The van der Waals surface area contributed by atoms with Gasteiger partial charge in [0.25, 0.3) is 5.91 Å². The molecule has 1 aromatic rings. The minimum atomic E-state index is -0.0674. The Labute approximate surface area is 113 Å². The fourth-order valence-electron chi connectivity index (χ4n) is 2.03. The Bertz CT molecular complexity index is 470. The summed E-state index contributed by atoms with van der Waals surface area (Å²) in [6.07, 6.45) is 3.73. The molecule has 1 fully saturated rings. The molecule has 1 saturated carbocycles. The number of nitrogen functional groups attached to an aromatic ring is 1. The summed E-state index contributed by atoms with van der Waals surface area (Å²) in [4.78, 5) is 23.0. The second-order valence-electron chi connectivity index (χ2n) is 5.11. The number of rotatable bonds is 5. The topological polar surface area (TPSA) is 84.1 Å². The SMILES string of the molecule is CCN(C(=O)c1nc(C(C)C)ncc1NN)C1CC1. The molecule has 0 aliphatic heterocycles. The van der Waals surface area contributed by atoms with Gasteiger partial charge in [0.15, 0.2) is 5.69 Å². The van der Waals surface area contributed by atoms with Crippen LogP contribution < -0.4 is 11.3 Å². The van der Waals surface area contributed by atoms with Crippen LogP contribution in [0.25, 0.3) is 0 Å². The third-order valence-corrected chi connectivity index (χ3v) is 3.27. The second-order valence-corrected chi connectivity index (χ2v) is 5.11. The van der Waals surface area contributed by atoms with Gasteiger partial charge in [0, 0.05) is 18.5 Å². The first-order valence-electron chi connectivity index (χ1n) is 6.73. The van der Waals surface area contributed by atoms with Crippen LogP contribution in [-0.2, 0) is 0 Å². The second kappa shape index (κ2) is 5.52. The van der Waals surface area contributed by atoms with E-state index in [0.717, 1.165) is 12.8 Å². The van der Waals surface area contributed by atoms with Gasteiger partial charge in [-0.15, -0.1) is 0 Å². The maximum atomic E-state index is 12.6. The molecular formula is C13H21N5O. The molecule has 0 radical (unpaired) electrons. The largest absolute Gasteiger partial charge is 0.335 e. The van der Waals surface area contributed by atoms with Crippen molar-refractivity contribution in [1.29, 1.82) is 0 Å². The van der Waals surface area contributed by atoms with Gasteiger partial charge in [0.1, 0.15) is 5.82 Å². The number of hydrogen-bond acceptors (Lipinski definition) is 5. The summed E-state index contributed by atoms with van der Waals surface area (Å²) >= 11 is 0. The average molecular weight is 263 g/mol. The third-order valence-electron chi connectivity index (χ3n) is 3.27. The monoisotopic (exact) mass is 263 g/mol. The van der Waals surface area contributed by atoms with E-state index in [9.17, 15) is 4.79 Å². The lowest BCUT2D eigenvalue weighted by Crippen LogP contribution is -2.34. The maximum Gasteiger partial charge on any atom is 0.275 e. The van der Waals surface area contributed by atoms with Gasteiger partial charge in [-0.3, -0.25) is 10.6 Å². The molecule has 1 aliphatic rings. The molecule has 1 heterocycles. The maximum absolute atomic E-state index is 12.6. The summed E-state index contributed by atoms with van der Waals surface area (Å²) in [6.45, 7) is 6.67. The molecule has 6 nitrogen and oxygen atoms in total. The highest BCUT2D eigenvalue weighted by atomic mass is 16.2. The zero-order valence-corrected chi connectivity index (χ0v) is 11.7. The highest BCUT2D eigenvalue weighted by molar-refractivity contribution is 5.97. The lowest BCUT2D eigenvalue weighted by atomic mass is 10.2. The Balaban J connectivity index is 2.34. The Morgan fingerprint density at radius 3 is 2.74 bits per heavy atom. The number of amides is 1. The number of nitrogens with two attached hydrogens (primary N) is 1. The Hall–Kier alpha value is -1.69. The molecule has 6 heteroatoms. The average Bonchev–Trinajstić information content (AvgIpc) is 3.23. The smallest absolute Gasteiger partial charge is 0.275 e. The fraction of sp³-hybridized carbons (Fsp3) is 0.615. The van der Waals surface area contributed by atoms with Gasteiger partial charge in [-0.2, -0.15) is 0 Å². The molecule has 0 atom stereocenters. The number of nitrogens with one attached hydrogen (secondary N) is 1. The van der Waals surface area contributed by atoms with Crippen molar-refractivity contribution in [2.45, 2.75) is 45.6 Å². The molecule has 2 rings (SSSR count). The van der Waals surface area contributed by atoms with E-state index in [0.29, 0.717) is 29.8 Å². The van der Waals surface area contributed by atoms with E-state index in [4.69, 9.17) is 5.84 Å². The first kappa shape index (κ1) is 13.7. The highest BCUT2D eigenvalue weighted by Crippen LogP contribution is 2.29. The number of hydrogen-bond donors (Lipinski definition) is 2. The normalized spacial score (nSPS) is 14.6. The van der Waals surface area contributed by atoms with E-state index in [-0.39, 0.29) is 11.8 Å². The molecule has 0 unspecified atom stereocenters.